The standard InChI is InChI=1S/C15H20ClN3O/c1-3-7-19-11-17-9-13(19)10-18-14-8-12(16)5-6-15(14)20-4-2/h5-6,8-9,11,18H,3-4,7,10H2,1-2H3. The molecule has 0 aliphatic rings. The largest absolute Gasteiger partial charge is 0.492 e. The number of halogens is 1. The van der Waals surface area contributed by atoms with Gasteiger partial charge in [0.05, 0.1) is 30.9 Å². The molecule has 0 saturated carbocycles. The Morgan fingerprint density at radius 1 is 1.35 bits per heavy atom. The summed E-state index contributed by atoms with van der Waals surface area (Å²) in [5.41, 5.74) is 2.05. The van der Waals surface area contributed by atoms with Crippen LogP contribution in [0.3, 0.4) is 0 Å². The zero-order valence-corrected chi connectivity index (χ0v) is 12.7. The summed E-state index contributed by atoms with van der Waals surface area (Å²) in [6, 6.07) is 5.60. The number of nitrogens with zero attached hydrogens (tertiary/aromatic N) is 2. The first-order valence-electron chi connectivity index (χ1n) is 6.89. The molecule has 1 aromatic heterocycles. The SMILES string of the molecule is CCCn1cncc1CNc1cc(Cl)ccc1OCC. The fraction of sp³-hybridized carbons (Fsp3) is 0.400. The van der Waals surface area contributed by atoms with Crippen molar-refractivity contribution in [2.45, 2.75) is 33.4 Å². The van der Waals surface area contributed by atoms with E-state index in [9.17, 15) is 0 Å². The molecule has 2 rings (SSSR count). The minimum Gasteiger partial charge on any atom is -0.492 e. The highest BCUT2D eigenvalue weighted by molar-refractivity contribution is 6.30. The molecule has 0 aliphatic carbocycles. The number of nitrogens with one attached hydrogen (secondary N) is 1. The highest BCUT2D eigenvalue weighted by atomic mass is 35.5. The Balaban J connectivity index is 2.09. The maximum absolute atomic E-state index is 6.05. The summed E-state index contributed by atoms with van der Waals surface area (Å²) in [5, 5.41) is 4.06. The lowest BCUT2D eigenvalue weighted by atomic mass is 10.3. The minimum absolute atomic E-state index is 0.629. The van der Waals surface area contributed by atoms with Gasteiger partial charge in [0.15, 0.2) is 0 Å². The Morgan fingerprint density at radius 2 is 2.20 bits per heavy atom. The molecule has 0 radical (unpaired) electrons. The number of aromatic nitrogens is 2. The van der Waals surface area contributed by atoms with Crippen LogP contribution in [-0.2, 0) is 13.1 Å². The highest BCUT2D eigenvalue weighted by Gasteiger charge is 2.06. The van der Waals surface area contributed by atoms with Crippen LogP contribution in [0.2, 0.25) is 5.02 Å². The van der Waals surface area contributed by atoms with Crippen LogP contribution in [0.5, 0.6) is 5.75 Å². The summed E-state index contributed by atoms with van der Waals surface area (Å²) >= 11 is 6.05. The predicted octanol–water partition coefficient (Wildman–Crippen LogP) is 3.96. The van der Waals surface area contributed by atoms with Crippen LogP contribution < -0.4 is 10.1 Å². The molecule has 1 N–H and O–H groups in total. The maximum Gasteiger partial charge on any atom is 0.142 e. The minimum atomic E-state index is 0.629. The van der Waals surface area contributed by atoms with Crippen molar-refractivity contribution in [3.05, 3.63) is 41.4 Å². The second kappa shape index (κ2) is 7.20. The first-order chi connectivity index (χ1) is 9.74. The summed E-state index contributed by atoms with van der Waals surface area (Å²) in [5.74, 6) is 0.818. The van der Waals surface area contributed by atoms with Crippen molar-refractivity contribution >= 4 is 17.3 Å². The Kier molecular flexibility index (Phi) is 5.30. The van der Waals surface area contributed by atoms with Gasteiger partial charge in [-0.15, -0.1) is 0 Å². The van der Waals surface area contributed by atoms with Gasteiger partial charge in [0.1, 0.15) is 5.75 Å². The molecule has 0 fully saturated rings. The molecule has 4 nitrogen and oxygen atoms in total. The third-order valence-electron chi connectivity index (χ3n) is 2.96. The Labute approximate surface area is 124 Å². The number of ether oxygens (including phenoxy) is 1. The molecule has 0 unspecified atom stereocenters. The van der Waals surface area contributed by atoms with Crippen molar-refractivity contribution in [2.24, 2.45) is 0 Å². The molecular weight excluding hydrogens is 274 g/mol. The van der Waals surface area contributed by atoms with Crippen LogP contribution >= 0.6 is 11.6 Å². The van der Waals surface area contributed by atoms with Gasteiger partial charge in [-0.25, -0.2) is 4.98 Å². The Bertz CT molecular complexity index is 554. The number of rotatable bonds is 7. The first-order valence-corrected chi connectivity index (χ1v) is 7.27. The van der Waals surface area contributed by atoms with E-state index in [0.29, 0.717) is 18.2 Å². The third-order valence-corrected chi connectivity index (χ3v) is 3.20. The van der Waals surface area contributed by atoms with Crippen molar-refractivity contribution < 1.29 is 4.74 Å². The van der Waals surface area contributed by atoms with Crippen molar-refractivity contribution in [3.8, 4) is 5.75 Å². The number of benzene rings is 1. The number of imidazole rings is 1. The average Bonchev–Trinajstić information content (AvgIpc) is 2.87. The van der Waals surface area contributed by atoms with Crippen molar-refractivity contribution in [3.63, 3.8) is 0 Å². The molecule has 5 heteroatoms. The second-order valence-corrected chi connectivity index (χ2v) is 4.94. The zero-order valence-electron chi connectivity index (χ0n) is 11.9. The summed E-state index contributed by atoms with van der Waals surface area (Å²) < 4.78 is 7.75. The van der Waals surface area contributed by atoms with Crippen LogP contribution in [0.25, 0.3) is 0 Å². The van der Waals surface area contributed by atoms with E-state index in [4.69, 9.17) is 16.3 Å². The van der Waals surface area contributed by atoms with Gasteiger partial charge in [-0.3, -0.25) is 0 Å². The van der Waals surface area contributed by atoms with Gasteiger partial charge in [0.2, 0.25) is 0 Å². The third kappa shape index (κ3) is 3.67. The molecule has 1 aromatic carbocycles. The molecular formula is C15H20ClN3O. The number of hydrogen-bond donors (Lipinski definition) is 1. The van der Waals surface area contributed by atoms with Crippen LogP contribution in [0, 0.1) is 0 Å². The number of anilines is 1. The quantitative estimate of drug-likeness (QED) is 0.840. The predicted molar refractivity (Wildman–Crippen MR) is 82.5 cm³/mol. The van der Waals surface area contributed by atoms with Crippen LogP contribution in [0.4, 0.5) is 5.69 Å². The molecule has 1 heterocycles. The second-order valence-electron chi connectivity index (χ2n) is 4.51. The number of hydrogen-bond acceptors (Lipinski definition) is 3. The summed E-state index contributed by atoms with van der Waals surface area (Å²) in [4.78, 5) is 4.19. The molecule has 0 spiro atoms. The van der Waals surface area contributed by atoms with Gasteiger partial charge >= 0.3 is 0 Å². The van der Waals surface area contributed by atoms with Gasteiger partial charge < -0.3 is 14.6 Å². The molecule has 20 heavy (non-hydrogen) atoms. The number of aryl methyl sites for hydroxylation is 1. The average molecular weight is 294 g/mol. The van der Waals surface area contributed by atoms with E-state index in [1.807, 2.05) is 37.6 Å². The fourth-order valence-electron chi connectivity index (χ4n) is 2.05. The van der Waals surface area contributed by atoms with E-state index in [0.717, 1.165) is 30.1 Å². The lowest BCUT2D eigenvalue weighted by Gasteiger charge is -2.13. The van der Waals surface area contributed by atoms with E-state index < -0.39 is 0 Å². The molecule has 0 bridgehead atoms. The molecule has 2 aromatic rings. The Morgan fingerprint density at radius 3 is 2.95 bits per heavy atom. The maximum atomic E-state index is 6.05. The van der Waals surface area contributed by atoms with E-state index in [1.54, 1.807) is 0 Å². The monoisotopic (exact) mass is 293 g/mol. The summed E-state index contributed by atoms with van der Waals surface area (Å²) in [6.45, 7) is 6.42. The van der Waals surface area contributed by atoms with Crippen LogP contribution in [0.15, 0.2) is 30.7 Å². The van der Waals surface area contributed by atoms with Crippen LogP contribution in [-0.4, -0.2) is 16.2 Å². The topological polar surface area (TPSA) is 39.1 Å². The van der Waals surface area contributed by atoms with Gasteiger partial charge in [-0.2, -0.15) is 0 Å². The van der Waals surface area contributed by atoms with Gasteiger partial charge in [0, 0.05) is 17.8 Å². The van der Waals surface area contributed by atoms with E-state index in [2.05, 4.69) is 21.8 Å². The molecule has 0 amide bonds. The smallest absolute Gasteiger partial charge is 0.142 e. The fourth-order valence-corrected chi connectivity index (χ4v) is 2.22. The first kappa shape index (κ1) is 14.7. The summed E-state index contributed by atoms with van der Waals surface area (Å²) in [6.07, 6.45) is 4.83. The van der Waals surface area contributed by atoms with Gasteiger partial charge in [-0.05, 0) is 31.5 Å². The van der Waals surface area contributed by atoms with Gasteiger partial charge in [-0.1, -0.05) is 18.5 Å². The molecule has 0 saturated heterocycles. The molecule has 0 aliphatic heterocycles. The van der Waals surface area contributed by atoms with E-state index in [-0.39, 0.29) is 0 Å². The van der Waals surface area contributed by atoms with Gasteiger partial charge in [0.25, 0.3) is 0 Å². The summed E-state index contributed by atoms with van der Waals surface area (Å²) in [7, 11) is 0. The Hall–Kier alpha value is -1.68. The van der Waals surface area contributed by atoms with Crippen molar-refractivity contribution in [1.82, 2.24) is 9.55 Å². The van der Waals surface area contributed by atoms with Crippen molar-refractivity contribution in [1.29, 1.82) is 0 Å². The molecule has 0 atom stereocenters. The van der Waals surface area contributed by atoms with E-state index >= 15 is 0 Å². The molecule has 108 valence electrons. The lowest BCUT2D eigenvalue weighted by molar-refractivity contribution is 0.341. The normalized spacial score (nSPS) is 10.6. The highest BCUT2D eigenvalue weighted by Crippen LogP contribution is 2.28. The van der Waals surface area contributed by atoms with E-state index in [1.165, 1.54) is 0 Å². The van der Waals surface area contributed by atoms with Crippen LogP contribution in [0.1, 0.15) is 26.0 Å². The zero-order chi connectivity index (χ0) is 14.4. The van der Waals surface area contributed by atoms with Crippen molar-refractivity contribution in [2.75, 3.05) is 11.9 Å². The lowest BCUT2D eigenvalue weighted by Crippen LogP contribution is -2.08.